The second-order valence-corrected chi connectivity index (χ2v) is 13.6. The van der Waals surface area contributed by atoms with Gasteiger partial charge >= 0.3 is 6.36 Å². The van der Waals surface area contributed by atoms with Crippen molar-refractivity contribution in [3.8, 4) is 11.4 Å². The quantitative estimate of drug-likeness (QED) is 0.167. The number of benzene rings is 2. The number of halogens is 4. The van der Waals surface area contributed by atoms with E-state index in [1.165, 1.54) is 35.6 Å². The van der Waals surface area contributed by atoms with Gasteiger partial charge in [-0.05, 0) is 48.3 Å². The van der Waals surface area contributed by atoms with Crippen LogP contribution in [0.2, 0.25) is 5.02 Å². The van der Waals surface area contributed by atoms with Gasteiger partial charge < -0.3 is 26.0 Å². The van der Waals surface area contributed by atoms with Gasteiger partial charge in [-0.2, -0.15) is 9.67 Å². The maximum atomic E-state index is 12.9. The lowest BCUT2D eigenvalue weighted by Gasteiger charge is -2.34. The molecule has 4 heterocycles. The van der Waals surface area contributed by atoms with Gasteiger partial charge in [0, 0.05) is 31.1 Å². The van der Waals surface area contributed by atoms with Gasteiger partial charge in [-0.15, -0.1) is 23.4 Å². The predicted octanol–water partition coefficient (Wildman–Crippen LogP) is 3.31. The molecule has 276 valence electrons. The summed E-state index contributed by atoms with van der Waals surface area (Å²) in [6.45, 7) is 1.36. The number of anilines is 1. The molecule has 0 spiro atoms. The Balaban J connectivity index is 0.986. The Hall–Kier alpha value is -5.62. The third kappa shape index (κ3) is 10.3. The number of hydrazone groups is 1. The number of likely N-dealkylation sites (tertiary alicyclic amines) is 1. The second-order valence-electron chi connectivity index (χ2n) is 12.2. The summed E-state index contributed by atoms with van der Waals surface area (Å²) in [7, 11) is 0. The van der Waals surface area contributed by atoms with Crippen LogP contribution >= 0.6 is 22.9 Å². The van der Waals surface area contributed by atoms with Crippen LogP contribution in [0.25, 0.3) is 5.69 Å². The first-order chi connectivity index (χ1) is 25.4. The summed E-state index contributed by atoms with van der Waals surface area (Å²) in [6, 6.07) is 10.5. The third-order valence-corrected chi connectivity index (χ3v) is 9.56. The molecule has 0 radical (unpaired) electrons. The van der Waals surface area contributed by atoms with Crippen LogP contribution in [0.5, 0.6) is 5.75 Å². The third-order valence-electron chi connectivity index (χ3n) is 8.21. The molecule has 2 aliphatic rings. The molecule has 4 aromatic rings. The summed E-state index contributed by atoms with van der Waals surface area (Å²) in [4.78, 5) is 43.1. The van der Waals surface area contributed by atoms with Crippen LogP contribution < -0.4 is 31.1 Å². The first-order valence-electron chi connectivity index (χ1n) is 16.3. The zero-order valence-corrected chi connectivity index (χ0v) is 29.4. The molecule has 2 aromatic carbocycles. The highest BCUT2D eigenvalue weighted by Crippen LogP contribution is 2.31. The number of aromatic nitrogens is 4. The number of nitrogens with one attached hydrogen (secondary N) is 3. The lowest BCUT2D eigenvalue weighted by atomic mass is 9.98. The number of carbonyl (C=O) groups excluding carboxylic acids is 3. The summed E-state index contributed by atoms with van der Waals surface area (Å²) in [5.41, 5.74) is 10.5. The number of primary amides is 1. The molecule has 5 N–H and O–H groups in total. The van der Waals surface area contributed by atoms with Crippen molar-refractivity contribution in [1.29, 1.82) is 0 Å². The minimum Gasteiger partial charge on any atom is -0.406 e. The molecule has 1 saturated heterocycles. The molecule has 2 atom stereocenters. The molecule has 1 fully saturated rings. The van der Waals surface area contributed by atoms with Crippen molar-refractivity contribution in [1.82, 2.24) is 30.8 Å². The van der Waals surface area contributed by atoms with Crippen molar-refractivity contribution in [2.45, 2.75) is 50.6 Å². The SMILES string of the molecule is NC(=O)Cc1cncc[n+]1-c1ccc(CC(=O)Nc2nnc(C3CCCN(C4=NNC(NC(=O)Cc5cccc(OC(F)(F)F)c5)C=C4)C3)s2)c(Cl)c1. The number of amidine groups is 1. The molecule has 0 aliphatic carbocycles. The normalized spacial score (nSPS) is 17.1. The fourth-order valence-electron chi connectivity index (χ4n) is 5.87. The lowest BCUT2D eigenvalue weighted by molar-refractivity contribution is -0.604. The molecule has 14 nitrogen and oxygen atoms in total. The average Bonchev–Trinajstić information content (AvgIpc) is 3.57. The van der Waals surface area contributed by atoms with E-state index in [4.69, 9.17) is 17.3 Å². The zero-order valence-electron chi connectivity index (χ0n) is 27.8. The van der Waals surface area contributed by atoms with E-state index in [9.17, 15) is 27.6 Å². The van der Waals surface area contributed by atoms with Crippen LogP contribution in [-0.2, 0) is 33.6 Å². The molecule has 6 rings (SSSR count). The van der Waals surface area contributed by atoms with E-state index in [1.54, 1.807) is 53.5 Å². The number of piperidine rings is 1. The number of alkyl halides is 3. The van der Waals surface area contributed by atoms with Crippen molar-refractivity contribution in [2.75, 3.05) is 18.4 Å². The van der Waals surface area contributed by atoms with Crippen molar-refractivity contribution in [3.63, 3.8) is 0 Å². The number of hydrogen-bond donors (Lipinski definition) is 4. The monoisotopic (exact) mass is 769 g/mol. The predicted molar refractivity (Wildman–Crippen MR) is 188 cm³/mol. The molecule has 0 bridgehead atoms. The summed E-state index contributed by atoms with van der Waals surface area (Å²) >= 11 is 7.85. The summed E-state index contributed by atoms with van der Waals surface area (Å²) < 4.78 is 43.3. The highest BCUT2D eigenvalue weighted by Gasteiger charge is 2.31. The standard InChI is InChI=1S/C34H32ClF3N10O4S/c35-26-16-23(48-12-10-40-18-24(48)17-27(39)49)7-6-21(26)15-31(51)42-33-46-45-32(53-33)22-4-2-11-47(19-22)29-9-8-28(43-44-29)41-30(50)14-20-3-1-5-25(13-20)52-34(36,37)38/h1,3,5-10,12-13,16,18,22,28,43H,2,4,11,14-15,17,19H2,(H3-,39,41,42,46,49,50,51)/p+1. The average molecular weight is 770 g/mol. The Bertz CT molecular complexity index is 2060. The fraction of sp³-hybridized carbons (Fsp3) is 0.294. The number of rotatable bonds is 11. The van der Waals surface area contributed by atoms with Crippen molar-refractivity contribution in [3.05, 3.63) is 100 Å². The van der Waals surface area contributed by atoms with Gasteiger partial charge in [0.25, 0.3) is 0 Å². The maximum Gasteiger partial charge on any atom is 0.573 e. The maximum absolute atomic E-state index is 12.9. The Labute approximate surface area is 309 Å². The van der Waals surface area contributed by atoms with Crippen LogP contribution in [0, 0.1) is 0 Å². The minimum atomic E-state index is -4.82. The second kappa shape index (κ2) is 16.4. The van der Waals surface area contributed by atoms with Gasteiger partial charge in [0.15, 0.2) is 6.20 Å². The number of nitrogens with two attached hydrogens (primary N) is 1. The van der Waals surface area contributed by atoms with E-state index in [1.807, 2.05) is 0 Å². The molecule has 0 saturated carbocycles. The van der Waals surface area contributed by atoms with Crippen molar-refractivity contribution < 1.29 is 36.9 Å². The zero-order chi connectivity index (χ0) is 37.5. The van der Waals surface area contributed by atoms with E-state index in [0.29, 0.717) is 45.0 Å². The van der Waals surface area contributed by atoms with Crippen LogP contribution in [0.1, 0.15) is 40.6 Å². The van der Waals surface area contributed by atoms with Crippen molar-refractivity contribution >= 4 is 51.6 Å². The van der Waals surface area contributed by atoms with Crippen LogP contribution in [0.15, 0.2) is 78.3 Å². The van der Waals surface area contributed by atoms with Gasteiger partial charge in [0.05, 0.1) is 30.3 Å². The van der Waals surface area contributed by atoms with Gasteiger partial charge in [0.2, 0.25) is 34.2 Å². The first-order valence-corrected chi connectivity index (χ1v) is 17.5. The number of ether oxygens (including phenoxy) is 1. The van der Waals surface area contributed by atoms with Crippen LogP contribution in [0.3, 0.4) is 0 Å². The van der Waals surface area contributed by atoms with E-state index in [2.05, 4.69) is 46.0 Å². The molecular formula is C34H33ClF3N10O4S+. The molecular weight excluding hydrogens is 737 g/mol. The number of amides is 3. The van der Waals surface area contributed by atoms with Gasteiger partial charge in [-0.25, -0.2) is 0 Å². The largest absolute Gasteiger partial charge is 0.573 e. The van der Waals surface area contributed by atoms with Crippen LogP contribution in [0.4, 0.5) is 18.3 Å². The summed E-state index contributed by atoms with van der Waals surface area (Å²) in [6.07, 6.45) is 4.53. The molecule has 19 heteroatoms. The number of nitrogens with zero attached hydrogens (tertiary/aromatic N) is 6. The number of hydrogen-bond acceptors (Lipinski definition) is 11. The molecule has 2 unspecified atom stereocenters. The Kier molecular flexibility index (Phi) is 11.5. The topological polar surface area (TPSA) is 181 Å². The molecule has 3 amide bonds. The highest BCUT2D eigenvalue weighted by atomic mass is 35.5. The minimum absolute atomic E-state index is 0.00124. The first kappa shape index (κ1) is 37.1. The van der Waals surface area contributed by atoms with E-state index in [0.717, 1.165) is 24.4 Å². The Morgan fingerprint density at radius 3 is 2.72 bits per heavy atom. The molecule has 2 aromatic heterocycles. The fourth-order valence-corrected chi connectivity index (χ4v) is 7.00. The van der Waals surface area contributed by atoms with Crippen LogP contribution in [-0.4, -0.2) is 69.3 Å². The van der Waals surface area contributed by atoms with Gasteiger partial charge in [-0.3, -0.25) is 24.8 Å². The lowest BCUT2D eigenvalue weighted by Crippen LogP contribution is -2.47. The van der Waals surface area contributed by atoms with E-state index >= 15 is 0 Å². The number of carbonyl (C=O) groups is 3. The van der Waals surface area contributed by atoms with Gasteiger partial charge in [0.1, 0.15) is 29.2 Å². The smallest absolute Gasteiger partial charge is 0.406 e. The molecule has 2 aliphatic heterocycles. The molecule has 53 heavy (non-hydrogen) atoms. The Morgan fingerprint density at radius 2 is 1.96 bits per heavy atom. The Morgan fingerprint density at radius 1 is 1.11 bits per heavy atom. The van der Waals surface area contributed by atoms with Gasteiger partial charge in [-0.1, -0.05) is 41.1 Å². The van der Waals surface area contributed by atoms with E-state index < -0.39 is 30.1 Å². The summed E-state index contributed by atoms with van der Waals surface area (Å²) in [5.74, 6) is -0.894. The highest BCUT2D eigenvalue weighted by molar-refractivity contribution is 7.15. The van der Waals surface area contributed by atoms with Crippen molar-refractivity contribution in [2.24, 2.45) is 10.8 Å². The van der Waals surface area contributed by atoms with E-state index in [-0.39, 0.29) is 31.1 Å². The summed E-state index contributed by atoms with van der Waals surface area (Å²) in [5, 5.41) is 20.0.